The lowest BCUT2D eigenvalue weighted by atomic mass is 10.1. The van der Waals surface area contributed by atoms with E-state index in [2.05, 4.69) is 15.9 Å². The van der Waals surface area contributed by atoms with Gasteiger partial charge in [-0.05, 0) is 18.6 Å². The van der Waals surface area contributed by atoms with Crippen molar-refractivity contribution in [2.45, 2.75) is 13.0 Å². The number of rotatable bonds is 2. The van der Waals surface area contributed by atoms with Crippen LogP contribution in [-0.2, 0) is 4.74 Å². The molecule has 1 aromatic carbocycles. The monoisotopic (exact) mass is 333 g/mol. The second-order valence-corrected chi connectivity index (χ2v) is 5.11. The average Bonchev–Trinajstić information content (AvgIpc) is 2.42. The van der Waals surface area contributed by atoms with Crippen LogP contribution in [0.1, 0.15) is 15.9 Å². The van der Waals surface area contributed by atoms with E-state index in [0.29, 0.717) is 25.1 Å². The highest BCUT2D eigenvalue weighted by Gasteiger charge is 2.29. The maximum absolute atomic E-state index is 13.7. The first-order chi connectivity index (χ1) is 9.04. The molecule has 1 atom stereocenters. The number of halogens is 3. The molecule has 19 heavy (non-hydrogen) atoms. The van der Waals surface area contributed by atoms with Gasteiger partial charge in [0.25, 0.3) is 5.91 Å². The summed E-state index contributed by atoms with van der Waals surface area (Å²) in [5.74, 6) is -1.89. The van der Waals surface area contributed by atoms with Crippen molar-refractivity contribution in [3.63, 3.8) is 0 Å². The predicted octanol–water partition coefficient (Wildman–Crippen LogP) is 2.51. The number of hydrogen-bond donors (Lipinski definition) is 0. The Hall–Kier alpha value is -1.01. The number of ether oxygens (including phenoxy) is 1. The van der Waals surface area contributed by atoms with Gasteiger partial charge in [0.1, 0.15) is 11.6 Å². The Morgan fingerprint density at radius 2 is 2.21 bits per heavy atom. The first-order valence-corrected chi connectivity index (χ1v) is 7.07. The molecule has 0 aromatic heterocycles. The molecular formula is C13H14BrF2NO2. The lowest BCUT2D eigenvalue weighted by molar-refractivity contribution is 0.00499. The summed E-state index contributed by atoms with van der Waals surface area (Å²) < 4.78 is 32.2. The maximum Gasteiger partial charge on any atom is 0.257 e. The van der Waals surface area contributed by atoms with Gasteiger partial charge in [-0.25, -0.2) is 8.78 Å². The van der Waals surface area contributed by atoms with Gasteiger partial charge in [-0.1, -0.05) is 15.9 Å². The molecule has 3 nitrogen and oxygen atoms in total. The Morgan fingerprint density at radius 1 is 1.47 bits per heavy atom. The van der Waals surface area contributed by atoms with Gasteiger partial charge in [0.15, 0.2) is 0 Å². The predicted molar refractivity (Wildman–Crippen MR) is 70.5 cm³/mol. The molecule has 1 aliphatic heterocycles. The summed E-state index contributed by atoms with van der Waals surface area (Å²) in [7, 11) is 0. The molecule has 0 bridgehead atoms. The second-order valence-electron chi connectivity index (χ2n) is 4.46. The highest BCUT2D eigenvalue weighted by atomic mass is 79.9. The van der Waals surface area contributed by atoms with Gasteiger partial charge in [-0.2, -0.15) is 0 Å². The maximum atomic E-state index is 13.7. The Balaban J connectivity index is 2.30. The van der Waals surface area contributed by atoms with Crippen molar-refractivity contribution in [1.29, 1.82) is 0 Å². The molecule has 6 heteroatoms. The van der Waals surface area contributed by atoms with Gasteiger partial charge < -0.3 is 9.64 Å². The zero-order chi connectivity index (χ0) is 14.0. The summed E-state index contributed by atoms with van der Waals surface area (Å²) in [6.07, 6.45) is 0. The quantitative estimate of drug-likeness (QED) is 0.778. The van der Waals surface area contributed by atoms with Crippen LogP contribution in [0.25, 0.3) is 0 Å². The molecule has 1 aromatic rings. The summed E-state index contributed by atoms with van der Waals surface area (Å²) in [6.45, 7) is 2.76. The minimum absolute atomic E-state index is 0.0910. The minimum Gasteiger partial charge on any atom is -0.377 e. The number of carbonyl (C=O) groups excluding carboxylic acids is 1. The first kappa shape index (κ1) is 14.4. The molecule has 0 saturated carbocycles. The van der Waals surface area contributed by atoms with E-state index < -0.39 is 17.5 Å². The van der Waals surface area contributed by atoms with Gasteiger partial charge >= 0.3 is 0 Å². The second kappa shape index (κ2) is 5.96. The van der Waals surface area contributed by atoms with Crippen LogP contribution in [0.15, 0.2) is 12.1 Å². The van der Waals surface area contributed by atoms with Crippen molar-refractivity contribution in [3.05, 3.63) is 34.9 Å². The smallest absolute Gasteiger partial charge is 0.257 e. The molecule has 1 unspecified atom stereocenters. The molecule has 1 saturated heterocycles. The molecule has 1 amide bonds. The summed E-state index contributed by atoms with van der Waals surface area (Å²) in [4.78, 5) is 13.9. The molecule has 0 radical (unpaired) electrons. The van der Waals surface area contributed by atoms with Crippen LogP contribution in [0, 0.1) is 18.6 Å². The third kappa shape index (κ3) is 2.95. The van der Waals surface area contributed by atoms with Gasteiger partial charge in [-0.15, -0.1) is 0 Å². The zero-order valence-corrected chi connectivity index (χ0v) is 12.0. The fourth-order valence-corrected chi connectivity index (χ4v) is 2.56. The van der Waals surface area contributed by atoms with Crippen LogP contribution in [0.5, 0.6) is 0 Å². The van der Waals surface area contributed by atoms with Crippen LogP contribution in [-0.4, -0.2) is 41.9 Å². The molecule has 0 spiro atoms. The fourth-order valence-electron chi connectivity index (χ4n) is 2.03. The van der Waals surface area contributed by atoms with Gasteiger partial charge in [0, 0.05) is 17.9 Å². The third-order valence-corrected chi connectivity index (χ3v) is 3.89. The van der Waals surface area contributed by atoms with E-state index in [9.17, 15) is 13.6 Å². The van der Waals surface area contributed by atoms with Gasteiger partial charge in [-0.3, -0.25) is 4.79 Å². The van der Waals surface area contributed by atoms with Crippen LogP contribution >= 0.6 is 15.9 Å². The normalized spacial score (nSPS) is 19.6. The van der Waals surface area contributed by atoms with Crippen molar-refractivity contribution < 1.29 is 18.3 Å². The number of amides is 1. The highest BCUT2D eigenvalue weighted by Crippen LogP contribution is 2.19. The fraction of sp³-hybridized carbons (Fsp3) is 0.462. The standard InChI is InChI=1S/C13H14BrF2NO2/c1-8-4-10(12(16)5-11(8)15)13(18)17-2-3-19-7-9(17)6-14/h4-5,9H,2-3,6-7H2,1H3. The Morgan fingerprint density at radius 3 is 2.89 bits per heavy atom. The van der Waals surface area contributed by atoms with E-state index in [1.54, 1.807) is 4.90 Å². The lowest BCUT2D eigenvalue weighted by Gasteiger charge is -2.34. The summed E-state index contributed by atoms with van der Waals surface area (Å²) >= 11 is 3.31. The average molecular weight is 334 g/mol. The van der Waals surface area contributed by atoms with Crippen molar-refractivity contribution in [2.24, 2.45) is 0 Å². The largest absolute Gasteiger partial charge is 0.377 e. The number of carbonyl (C=O) groups is 1. The van der Waals surface area contributed by atoms with E-state index in [1.807, 2.05) is 0 Å². The molecule has 1 heterocycles. The molecular weight excluding hydrogens is 320 g/mol. The zero-order valence-electron chi connectivity index (χ0n) is 10.5. The van der Waals surface area contributed by atoms with Gasteiger partial charge in [0.2, 0.25) is 0 Å². The van der Waals surface area contributed by atoms with Gasteiger partial charge in [0.05, 0.1) is 24.8 Å². The summed E-state index contributed by atoms with van der Waals surface area (Å²) in [5.41, 5.74) is 0.167. The summed E-state index contributed by atoms with van der Waals surface area (Å²) in [6, 6.07) is 1.88. The Labute approximate surface area is 118 Å². The van der Waals surface area contributed by atoms with Crippen molar-refractivity contribution >= 4 is 21.8 Å². The van der Waals surface area contributed by atoms with Crippen molar-refractivity contribution in [2.75, 3.05) is 25.1 Å². The molecule has 2 rings (SSSR count). The van der Waals surface area contributed by atoms with E-state index in [1.165, 1.54) is 13.0 Å². The van der Waals surface area contributed by atoms with Crippen LogP contribution in [0.3, 0.4) is 0 Å². The van der Waals surface area contributed by atoms with E-state index >= 15 is 0 Å². The Bertz CT molecular complexity index is 496. The summed E-state index contributed by atoms with van der Waals surface area (Å²) in [5, 5.41) is 0.556. The number of nitrogens with zero attached hydrogens (tertiary/aromatic N) is 1. The van der Waals surface area contributed by atoms with Crippen molar-refractivity contribution in [3.8, 4) is 0 Å². The van der Waals surface area contributed by atoms with Crippen LogP contribution in [0.2, 0.25) is 0 Å². The number of aryl methyl sites for hydroxylation is 1. The Kier molecular flexibility index (Phi) is 4.52. The topological polar surface area (TPSA) is 29.5 Å². The van der Waals surface area contributed by atoms with E-state index in [4.69, 9.17) is 4.74 Å². The lowest BCUT2D eigenvalue weighted by Crippen LogP contribution is -2.49. The SMILES string of the molecule is Cc1cc(C(=O)N2CCOCC2CBr)c(F)cc1F. The first-order valence-electron chi connectivity index (χ1n) is 5.95. The van der Waals surface area contributed by atoms with Crippen molar-refractivity contribution in [1.82, 2.24) is 4.90 Å². The van der Waals surface area contributed by atoms with Crippen LogP contribution < -0.4 is 0 Å². The number of alkyl halides is 1. The molecule has 104 valence electrons. The molecule has 1 aliphatic rings. The molecule has 0 aliphatic carbocycles. The van der Waals surface area contributed by atoms with Crippen LogP contribution in [0.4, 0.5) is 8.78 Å². The third-order valence-electron chi connectivity index (χ3n) is 3.15. The molecule has 1 fully saturated rings. The number of morpholine rings is 1. The number of hydrogen-bond acceptors (Lipinski definition) is 2. The number of benzene rings is 1. The minimum atomic E-state index is -0.826. The van der Waals surface area contributed by atoms with E-state index in [0.717, 1.165) is 6.07 Å². The molecule has 0 N–H and O–H groups in total. The van der Waals surface area contributed by atoms with E-state index in [-0.39, 0.29) is 17.2 Å². The highest BCUT2D eigenvalue weighted by molar-refractivity contribution is 9.09.